The van der Waals surface area contributed by atoms with E-state index in [1.54, 1.807) is 28.0 Å². The molecule has 0 bridgehead atoms. The highest BCUT2D eigenvalue weighted by molar-refractivity contribution is 8.00. The number of carbonyl (C=O) groups is 2. The van der Waals surface area contributed by atoms with Gasteiger partial charge in [-0.2, -0.15) is 5.10 Å². The second-order valence-corrected chi connectivity index (χ2v) is 12.0. The van der Waals surface area contributed by atoms with E-state index in [9.17, 15) is 9.59 Å². The van der Waals surface area contributed by atoms with Crippen LogP contribution in [0.3, 0.4) is 0 Å². The zero-order chi connectivity index (χ0) is 26.2. The number of fused-ring (bicyclic) bond motifs is 1. The molecule has 2 aliphatic rings. The maximum atomic E-state index is 13.8. The van der Waals surface area contributed by atoms with Crippen LogP contribution >= 0.6 is 34.7 Å². The second-order valence-electron chi connectivity index (χ2n) is 9.54. The van der Waals surface area contributed by atoms with Gasteiger partial charge < -0.3 is 4.90 Å². The lowest BCUT2D eigenvalue weighted by atomic mass is 10.0. The number of amides is 2. The minimum atomic E-state index is -0.232. The summed E-state index contributed by atoms with van der Waals surface area (Å²) in [7, 11) is 0. The first-order valence-electron chi connectivity index (χ1n) is 12.7. The highest BCUT2D eigenvalue weighted by Gasteiger charge is 2.39. The summed E-state index contributed by atoms with van der Waals surface area (Å²) in [5.41, 5.74) is 4.56. The first-order valence-corrected chi connectivity index (χ1v) is 15.0. The van der Waals surface area contributed by atoms with Crippen LogP contribution in [-0.4, -0.2) is 51.9 Å². The van der Waals surface area contributed by atoms with E-state index >= 15 is 0 Å². The molecule has 194 valence electrons. The van der Waals surface area contributed by atoms with Gasteiger partial charge in [-0.3, -0.25) is 14.5 Å². The molecule has 9 heteroatoms. The van der Waals surface area contributed by atoms with Crippen LogP contribution in [0.4, 0.5) is 5.82 Å². The molecule has 0 saturated carbocycles. The van der Waals surface area contributed by atoms with Crippen LogP contribution in [0.15, 0.2) is 66.0 Å². The molecule has 1 saturated heterocycles. The monoisotopic (exact) mass is 562 g/mol. The Kier molecular flexibility index (Phi) is 7.03. The lowest BCUT2D eigenvalue weighted by molar-refractivity contribution is -0.130. The first-order chi connectivity index (χ1) is 18.5. The molecule has 0 N–H and O–H groups in total. The summed E-state index contributed by atoms with van der Waals surface area (Å²) in [5, 5.41) is 7.60. The van der Waals surface area contributed by atoms with Crippen molar-refractivity contribution in [2.75, 3.05) is 30.3 Å². The number of thiophene rings is 1. The number of likely N-dealkylation sites (tertiary alicyclic amines) is 1. The molecule has 2 aromatic heterocycles. The summed E-state index contributed by atoms with van der Waals surface area (Å²) >= 11 is 9.90. The minimum absolute atomic E-state index is 0.0108. The number of aromatic nitrogens is 2. The summed E-state index contributed by atoms with van der Waals surface area (Å²) in [4.78, 5) is 31.8. The van der Waals surface area contributed by atoms with Crippen molar-refractivity contribution in [1.82, 2.24) is 14.7 Å². The summed E-state index contributed by atoms with van der Waals surface area (Å²) in [6, 6.07) is 19.8. The lowest BCUT2D eigenvalue weighted by Gasteiger charge is -2.26. The molecular weight excluding hydrogens is 536 g/mol. The highest BCUT2D eigenvalue weighted by atomic mass is 35.5. The summed E-state index contributed by atoms with van der Waals surface area (Å²) < 4.78 is 1.87. The number of anilines is 1. The smallest absolute Gasteiger partial charge is 0.242 e. The Labute approximate surface area is 235 Å². The van der Waals surface area contributed by atoms with Crippen molar-refractivity contribution in [3.8, 4) is 16.3 Å². The van der Waals surface area contributed by atoms with Gasteiger partial charge in [0.15, 0.2) is 0 Å². The molecule has 6 nitrogen and oxygen atoms in total. The molecular formula is C29H27ClN4O2S2. The van der Waals surface area contributed by atoms with Crippen molar-refractivity contribution in [3.05, 3.63) is 87.8 Å². The molecule has 0 unspecified atom stereocenters. The van der Waals surface area contributed by atoms with Gasteiger partial charge in [0, 0.05) is 23.7 Å². The number of thioether (sulfide) groups is 1. The molecule has 0 spiro atoms. The van der Waals surface area contributed by atoms with Gasteiger partial charge >= 0.3 is 0 Å². The van der Waals surface area contributed by atoms with E-state index in [2.05, 4.69) is 6.07 Å². The van der Waals surface area contributed by atoms with Crippen LogP contribution in [-0.2, 0) is 9.59 Å². The molecule has 0 radical (unpaired) electrons. The highest BCUT2D eigenvalue weighted by Crippen LogP contribution is 2.50. The molecule has 4 heterocycles. The molecule has 2 aliphatic heterocycles. The molecule has 38 heavy (non-hydrogen) atoms. The predicted molar refractivity (Wildman–Crippen MR) is 156 cm³/mol. The van der Waals surface area contributed by atoms with Crippen LogP contribution in [0, 0.1) is 6.92 Å². The van der Waals surface area contributed by atoms with Crippen molar-refractivity contribution in [1.29, 1.82) is 0 Å². The zero-order valence-corrected chi connectivity index (χ0v) is 23.4. The molecule has 2 amide bonds. The Morgan fingerprint density at radius 1 is 1.05 bits per heavy atom. The molecule has 6 rings (SSSR count). The topological polar surface area (TPSA) is 58.4 Å². The molecule has 0 aliphatic carbocycles. The first kappa shape index (κ1) is 25.2. The van der Waals surface area contributed by atoms with Gasteiger partial charge in [-0.05, 0) is 54.5 Å². The van der Waals surface area contributed by atoms with E-state index in [1.807, 2.05) is 76.5 Å². The fraction of sp³-hybridized carbons (Fsp3) is 0.276. The number of aryl methyl sites for hydroxylation is 1. The van der Waals surface area contributed by atoms with Crippen LogP contribution in [0.25, 0.3) is 16.3 Å². The van der Waals surface area contributed by atoms with E-state index in [0.717, 1.165) is 58.9 Å². The third kappa shape index (κ3) is 4.55. The minimum Gasteiger partial charge on any atom is -0.341 e. The maximum Gasteiger partial charge on any atom is 0.242 e. The van der Waals surface area contributed by atoms with Crippen molar-refractivity contribution in [2.24, 2.45) is 0 Å². The van der Waals surface area contributed by atoms with Crippen LogP contribution in [0.1, 0.15) is 34.8 Å². The Bertz CT molecular complexity index is 1490. The summed E-state index contributed by atoms with van der Waals surface area (Å²) in [6.07, 6.45) is 2.00. The number of carbonyl (C=O) groups excluding carboxylic acids is 2. The van der Waals surface area contributed by atoms with Crippen molar-refractivity contribution in [3.63, 3.8) is 0 Å². The Morgan fingerprint density at radius 2 is 1.82 bits per heavy atom. The quantitative estimate of drug-likeness (QED) is 0.284. The number of hydrogen-bond donors (Lipinski definition) is 0. The number of benzene rings is 2. The largest absolute Gasteiger partial charge is 0.341 e. The van der Waals surface area contributed by atoms with Crippen molar-refractivity contribution in [2.45, 2.75) is 25.0 Å². The van der Waals surface area contributed by atoms with Gasteiger partial charge in [-0.25, -0.2) is 4.68 Å². The third-order valence-electron chi connectivity index (χ3n) is 7.13. The number of halogens is 1. The average Bonchev–Trinajstić information content (AvgIpc) is 3.69. The van der Waals surface area contributed by atoms with E-state index in [0.29, 0.717) is 10.8 Å². The van der Waals surface area contributed by atoms with Crippen molar-refractivity contribution >= 4 is 52.3 Å². The molecule has 2 aromatic carbocycles. The van der Waals surface area contributed by atoms with Gasteiger partial charge in [0.25, 0.3) is 0 Å². The molecule has 1 atom stereocenters. The number of hydrogen-bond acceptors (Lipinski definition) is 5. The normalized spacial score (nSPS) is 17.5. The lowest BCUT2D eigenvalue weighted by Crippen LogP contribution is -2.43. The van der Waals surface area contributed by atoms with E-state index in [-0.39, 0.29) is 29.4 Å². The SMILES string of the molecule is Cc1ccccc1-n1nc(-c2cccs2)c2c1N(CC(=O)N1CCCC1)C(=O)CS[C@H]2c1ccccc1Cl. The number of para-hydroxylation sites is 1. The number of nitrogens with zero attached hydrogens (tertiary/aromatic N) is 4. The Hall–Kier alpha value is -3.07. The van der Waals surface area contributed by atoms with Gasteiger partial charge in [0.2, 0.25) is 11.8 Å². The van der Waals surface area contributed by atoms with Gasteiger partial charge in [-0.15, -0.1) is 23.1 Å². The second kappa shape index (κ2) is 10.6. The standard InChI is InChI=1S/C29H27ClN4O2S2/c1-19-9-2-5-12-22(19)34-29-26(27(31-34)23-13-8-16-37-23)28(20-10-3-4-11-21(20)30)38-18-25(36)33(29)17-24(35)32-14-6-7-15-32/h2-5,8-13,16,28H,6-7,14-15,17-18H2,1H3/t28-/m0/s1. The Balaban J connectivity index is 1.62. The van der Waals surface area contributed by atoms with Gasteiger partial charge in [0.05, 0.1) is 21.6 Å². The van der Waals surface area contributed by atoms with Crippen LogP contribution in [0.2, 0.25) is 5.02 Å². The molecule has 4 aromatic rings. The fourth-order valence-corrected chi connectivity index (χ4v) is 7.49. The molecule has 1 fully saturated rings. The summed E-state index contributed by atoms with van der Waals surface area (Å²) in [5.74, 6) is 0.745. The van der Waals surface area contributed by atoms with E-state index in [4.69, 9.17) is 16.7 Å². The van der Waals surface area contributed by atoms with Crippen molar-refractivity contribution < 1.29 is 9.59 Å². The zero-order valence-electron chi connectivity index (χ0n) is 21.0. The third-order valence-corrected chi connectivity index (χ3v) is 9.58. The Morgan fingerprint density at radius 3 is 2.55 bits per heavy atom. The fourth-order valence-electron chi connectivity index (χ4n) is 5.22. The summed E-state index contributed by atoms with van der Waals surface area (Å²) in [6.45, 7) is 3.50. The van der Waals surface area contributed by atoms with Crippen LogP contribution < -0.4 is 4.90 Å². The van der Waals surface area contributed by atoms with Gasteiger partial charge in [0.1, 0.15) is 18.1 Å². The van der Waals surface area contributed by atoms with Gasteiger partial charge in [-0.1, -0.05) is 54.1 Å². The average molecular weight is 563 g/mol. The van der Waals surface area contributed by atoms with E-state index in [1.165, 1.54) is 0 Å². The predicted octanol–water partition coefficient (Wildman–Crippen LogP) is 6.35. The van der Waals surface area contributed by atoms with E-state index < -0.39 is 0 Å². The van der Waals surface area contributed by atoms with Crippen LogP contribution in [0.5, 0.6) is 0 Å². The maximum absolute atomic E-state index is 13.8. The number of rotatable bonds is 5.